The van der Waals surface area contributed by atoms with Crippen molar-refractivity contribution in [2.24, 2.45) is 5.92 Å². The van der Waals surface area contributed by atoms with E-state index < -0.39 is 30.3 Å². The fraction of sp³-hybridized carbons (Fsp3) is 0.312. The average molecular weight is 320 g/mol. The Balaban J connectivity index is 1.69. The summed E-state index contributed by atoms with van der Waals surface area (Å²) in [6.45, 7) is -0.556. The molecule has 0 spiro atoms. The van der Waals surface area contributed by atoms with Gasteiger partial charge in [-0.2, -0.15) is 0 Å². The van der Waals surface area contributed by atoms with Crippen molar-refractivity contribution in [1.82, 2.24) is 5.32 Å². The number of amides is 3. The number of ether oxygens (including phenoxy) is 1. The van der Waals surface area contributed by atoms with Crippen LogP contribution in [0.4, 0.5) is 14.9 Å². The van der Waals surface area contributed by atoms with Crippen molar-refractivity contribution in [2.45, 2.75) is 19.3 Å². The number of imide groups is 1. The number of nitrogens with one attached hydrogen (secondary N) is 2. The molecule has 1 aliphatic carbocycles. The standard InChI is InChI=1S/C16H17FN2O4/c17-12-7-3-4-8-13(12)18-16(22)19-14(20)10-23-15(21)9-11-5-1-2-6-11/h1,3-5,7-8,11H,2,6,9-10H2,(H2,18,19,20,22)/t11-/m1/s1. The van der Waals surface area contributed by atoms with Crippen LogP contribution in [0.15, 0.2) is 36.4 Å². The lowest BCUT2D eigenvalue weighted by molar-refractivity contribution is -0.148. The maximum absolute atomic E-state index is 13.3. The minimum Gasteiger partial charge on any atom is -0.456 e. The van der Waals surface area contributed by atoms with Crippen molar-refractivity contribution in [3.63, 3.8) is 0 Å². The number of allylic oxidation sites excluding steroid dienone is 2. The van der Waals surface area contributed by atoms with E-state index in [1.54, 1.807) is 6.07 Å². The molecular formula is C16H17FN2O4. The van der Waals surface area contributed by atoms with E-state index in [0.717, 1.165) is 12.8 Å². The highest BCUT2D eigenvalue weighted by atomic mass is 19.1. The maximum atomic E-state index is 13.3. The predicted molar refractivity (Wildman–Crippen MR) is 81.0 cm³/mol. The van der Waals surface area contributed by atoms with E-state index in [1.807, 2.05) is 17.5 Å². The molecule has 2 N–H and O–H groups in total. The summed E-state index contributed by atoms with van der Waals surface area (Å²) in [5.41, 5.74) is -0.0529. The van der Waals surface area contributed by atoms with Crippen molar-refractivity contribution in [3.05, 3.63) is 42.2 Å². The van der Waals surface area contributed by atoms with Crippen LogP contribution in [0, 0.1) is 11.7 Å². The van der Waals surface area contributed by atoms with E-state index in [1.165, 1.54) is 18.2 Å². The first-order valence-electron chi connectivity index (χ1n) is 7.22. The van der Waals surface area contributed by atoms with Gasteiger partial charge in [-0.05, 0) is 30.9 Å². The zero-order chi connectivity index (χ0) is 16.7. The predicted octanol–water partition coefficient (Wildman–Crippen LogP) is 2.37. The van der Waals surface area contributed by atoms with Crippen LogP contribution in [0.25, 0.3) is 0 Å². The molecule has 122 valence electrons. The van der Waals surface area contributed by atoms with Crippen LogP contribution < -0.4 is 10.6 Å². The molecule has 1 aliphatic rings. The molecule has 0 aliphatic heterocycles. The Labute approximate surface area is 132 Å². The molecule has 6 nitrogen and oxygen atoms in total. The van der Waals surface area contributed by atoms with Gasteiger partial charge in [0.2, 0.25) is 0 Å². The number of hydrogen-bond acceptors (Lipinski definition) is 4. The van der Waals surface area contributed by atoms with Gasteiger partial charge < -0.3 is 10.1 Å². The largest absolute Gasteiger partial charge is 0.456 e. The quantitative estimate of drug-likeness (QED) is 0.644. The van der Waals surface area contributed by atoms with Crippen molar-refractivity contribution in [3.8, 4) is 0 Å². The van der Waals surface area contributed by atoms with Crippen molar-refractivity contribution < 1.29 is 23.5 Å². The maximum Gasteiger partial charge on any atom is 0.326 e. The second kappa shape index (κ2) is 8.07. The number of para-hydroxylation sites is 1. The van der Waals surface area contributed by atoms with Crippen LogP contribution in [-0.2, 0) is 14.3 Å². The van der Waals surface area contributed by atoms with Crippen LogP contribution in [0.3, 0.4) is 0 Å². The summed E-state index contributed by atoms with van der Waals surface area (Å²) < 4.78 is 18.1. The molecule has 1 atom stereocenters. The highest BCUT2D eigenvalue weighted by Gasteiger charge is 2.17. The number of halogens is 1. The second-order valence-electron chi connectivity index (χ2n) is 5.11. The van der Waals surface area contributed by atoms with Gasteiger partial charge in [0.25, 0.3) is 5.91 Å². The number of carbonyl (C=O) groups is 3. The molecule has 0 bridgehead atoms. The minimum absolute atomic E-state index is 0.0529. The normalized spacial score (nSPS) is 16.0. The third-order valence-electron chi connectivity index (χ3n) is 3.28. The van der Waals surface area contributed by atoms with E-state index in [-0.39, 0.29) is 18.0 Å². The van der Waals surface area contributed by atoms with E-state index in [2.05, 4.69) is 5.32 Å². The summed E-state index contributed by atoms with van der Waals surface area (Å²) >= 11 is 0. The molecule has 0 heterocycles. The lowest BCUT2D eigenvalue weighted by Crippen LogP contribution is -2.37. The first kappa shape index (κ1) is 16.7. The molecule has 0 radical (unpaired) electrons. The zero-order valence-electron chi connectivity index (χ0n) is 12.4. The van der Waals surface area contributed by atoms with Crippen molar-refractivity contribution >= 4 is 23.6 Å². The van der Waals surface area contributed by atoms with Crippen LogP contribution in [-0.4, -0.2) is 24.5 Å². The Morgan fingerprint density at radius 3 is 2.74 bits per heavy atom. The number of benzene rings is 1. The van der Waals surface area contributed by atoms with Gasteiger partial charge in [-0.3, -0.25) is 14.9 Å². The lowest BCUT2D eigenvalue weighted by Gasteiger charge is -2.09. The Morgan fingerprint density at radius 2 is 2.04 bits per heavy atom. The topological polar surface area (TPSA) is 84.5 Å². The fourth-order valence-corrected chi connectivity index (χ4v) is 2.16. The van der Waals surface area contributed by atoms with Gasteiger partial charge in [0.15, 0.2) is 6.61 Å². The Hall–Kier alpha value is -2.70. The number of carbonyl (C=O) groups excluding carboxylic acids is 3. The molecule has 3 amide bonds. The molecule has 7 heteroatoms. The average Bonchev–Trinajstić information content (AvgIpc) is 3.00. The van der Waals surface area contributed by atoms with Crippen LogP contribution >= 0.6 is 0 Å². The third kappa shape index (κ3) is 5.54. The third-order valence-corrected chi connectivity index (χ3v) is 3.28. The molecule has 1 aromatic rings. The Morgan fingerprint density at radius 1 is 1.26 bits per heavy atom. The van der Waals surface area contributed by atoms with E-state index in [0.29, 0.717) is 0 Å². The van der Waals surface area contributed by atoms with Crippen molar-refractivity contribution in [2.75, 3.05) is 11.9 Å². The molecular weight excluding hydrogens is 303 g/mol. The lowest BCUT2D eigenvalue weighted by atomic mass is 10.1. The summed E-state index contributed by atoms with van der Waals surface area (Å²) in [4.78, 5) is 34.6. The van der Waals surface area contributed by atoms with Crippen LogP contribution in [0.1, 0.15) is 19.3 Å². The highest BCUT2D eigenvalue weighted by Crippen LogP contribution is 2.20. The SMILES string of the molecule is O=C(COC(=O)C[C@@H]1C=CCC1)NC(=O)Nc1ccccc1F. The summed E-state index contributed by atoms with van der Waals surface area (Å²) in [5, 5.41) is 4.15. The Bertz CT molecular complexity index is 630. The van der Waals surface area contributed by atoms with E-state index >= 15 is 0 Å². The molecule has 23 heavy (non-hydrogen) atoms. The summed E-state index contributed by atoms with van der Waals surface area (Å²) in [7, 11) is 0. The molecule has 0 unspecified atom stereocenters. The molecule has 0 saturated carbocycles. The fourth-order valence-electron chi connectivity index (χ4n) is 2.16. The van der Waals surface area contributed by atoms with E-state index in [4.69, 9.17) is 4.74 Å². The van der Waals surface area contributed by atoms with Crippen LogP contribution in [0.2, 0.25) is 0 Å². The number of rotatable bonds is 5. The van der Waals surface area contributed by atoms with Gasteiger partial charge in [-0.25, -0.2) is 9.18 Å². The molecule has 1 aromatic carbocycles. The first-order valence-corrected chi connectivity index (χ1v) is 7.22. The molecule has 0 fully saturated rings. The van der Waals surface area contributed by atoms with Gasteiger partial charge in [0.1, 0.15) is 5.82 Å². The second-order valence-corrected chi connectivity index (χ2v) is 5.11. The minimum atomic E-state index is -0.894. The van der Waals surface area contributed by atoms with Crippen LogP contribution in [0.5, 0.6) is 0 Å². The van der Waals surface area contributed by atoms with Gasteiger partial charge >= 0.3 is 12.0 Å². The smallest absolute Gasteiger partial charge is 0.326 e. The molecule has 2 rings (SSSR count). The molecule has 0 saturated heterocycles. The van der Waals surface area contributed by atoms with Gasteiger partial charge in [-0.15, -0.1) is 0 Å². The Kier molecular flexibility index (Phi) is 5.85. The summed E-state index contributed by atoms with van der Waals surface area (Å²) in [6, 6.07) is 4.66. The van der Waals surface area contributed by atoms with Gasteiger partial charge in [0.05, 0.1) is 12.1 Å². The monoisotopic (exact) mass is 320 g/mol. The van der Waals surface area contributed by atoms with Crippen molar-refractivity contribution in [1.29, 1.82) is 0 Å². The number of hydrogen-bond donors (Lipinski definition) is 2. The van der Waals surface area contributed by atoms with E-state index in [9.17, 15) is 18.8 Å². The highest BCUT2D eigenvalue weighted by molar-refractivity contribution is 6.01. The van der Waals surface area contributed by atoms with Gasteiger partial charge in [0, 0.05) is 0 Å². The number of esters is 1. The number of urea groups is 1. The molecule has 0 aromatic heterocycles. The summed E-state index contributed by atoms with van der Waals surface area (Å²) in [6.07, 6.45) is 5.99. The zero-order valence-corrected chi connectivity index (χ0v) is 12.4. The van der Waals surface area contributed by atoms with Gasteiger partial charge in [-0.1, -0.05) is 24.3 Å². The summed E-state index contributed by atoms with van der Waals surface area (Å²) in [5.74, 6) is -1.75. The number of anilines is 1. The first-order chi connectivity index (χ1) is 11.0.